The molecule has 0 aliphatic rings. The fraction of sp³-hybridized carbons (Fsp3) is 0.286. The van der Waals surface area contributed by atoms with Crippen molar-refractivity contribution < 1.29 is 0 Å². The topological polar surface area (TPSA) is 29.0 Å². The average Bonchev–Trinajstić information content (AvgIpc) is 2.46. The predicted octanol–water partition coefficient (Wildman–Crippen LogP) is 4.07. The van der Waals surface area contributed by atoms with Gasteiger partial charge < -0.3 is 4.90 Å². The highest BCUT2D eigenvalue weighted by molar-refractivity contribution is 6.30. The molecule has 0 amide bonds. The molecule has 0 N–H and O–H groups in total. The molecule has 2 aromatic rings. The van der Waals surface area contributed by atoms with Crippen LogP contribution in [0.2, 0.25) is 5.02 Å². The molecule has 5 heteroatoms. The van der Waals surface area contributed by atoms with E-state index in [0.717, 1.165) is 22.1 Å². The largest absolute Gasteiger partial charge is 0.351 e. The van der Waals surface area contributed by atoms with Gasteiger partial charge in [-0.05, 0) is 36.8 Å². The van der Waals surface area contributed by atoms with Crippen LogP contribution in [-0.4, -0.2) is 17.2 Å². The van der Waals surface area contributed by atoms with Gasteiger partial charge in [0, 0.05) is 12.1 Å². The molecule has 19 heavy (non-hydrogen) atoms. The smallest absolute Gasteiger partial charge is 0.151 e. The van der Waals surface area contributed by atoms with Gasteiger partial charge in [0.15, 0.2) is 5.82 Å². The van der Waals surface area contributed by atoms with Crippen LogP contribution in [0.1, 0.15) is 24.2 Å². The molecule has 0 aliphatic heterocycles. The number of aromatic nitrogens is 2. The predicted molar refractivity (Wildman–Crippen MR) is 79.9 cm³/mol. The van der Waals surface area contributed by atoms with Crippen molar-refractivity contribution in [1.29, 1.82) is 0 Å². The first kappa shape index (κ1) is 14.1. The number of rotatable bonds is 4. The highest BCUT2D eigenvalue weighted by Gasteiger charge is 2.14. The molecule has 0 radical (unpaired) electrons. The summed E-state index contributed by atoms with van der Waals surface area (Å²) in [5.41, 5.74) is 1.91. The number of nitrogens with zero attached hydrogens (tertiary/aromatic N) is 3. The van der Waals surface area contributed by atoms with E-state index in [1.807, 2.05) is 43.4 Å². The van der Waals surface area contributed by atoms with E-state index in [-0.39, 0.29) is 6.04 Å². The van der Waals surface area contributed by atoms with Crippen LogP contribution in [0.25, 0.3) is 0 Å². The second-order valence-corrected chi connectivity index (χ2v) is 5.06. The number of anilines is 1. The zero-order valence-corrected chi connectivity index (χ0v) is 12.4. The van der Waals surface area contributed by atoms with Gasteiger partial charge in [0.25, 0.3) is 0 Å². The van der Waals surface area contributed by atoms with Crippen molar-refractivity contribution in [3.8, 4) is 0 Å². The Balaban J connectivity index is 2.20. The van der Waals surface area contributed by atoms with Crippen molar-refractivity contribution >= 4 is 29.0 Å². The van der Waals surface area contributed by atoms with Crippen LogP contribution in [0.4, 0.5) is 5.82 Å². The maximum absolute atomic E-state index is 6.02. The van der Waals surface area contributed by atoms with Crippen LogP contribution in [0.5, 0.6) is 0 Å². The van der Waals surface area contributed by atoms with Crippen molar-refractivity contribution in [1.82, 2.24) is 10.2 Å². The van der Waals surface area contributed by atoms with E-state index >= 15 is 0 Å². The Labute approximate surface area is 123 Å². The third-order valence-electron chi connectivity index (χ3n) is 3.12. The van der Waals surface area contributed by atoms with E-state index in [1.165, 1.54) is 0 Å². The zero-order valence-electron chi connectivity index (χ0n) is 10.8. The van der Waals surface area contributed by atoms with Gasteiger partial charge in [-0.15, -0.1) is 16.7 Å². The average molecular weight is 296 g/mol. The van der Waals surface area contributed by atoms with E-state index in [9.17, 15) is 0 Å². The first-order valence-electron chi connectivity index (χ1n) is 5.98. The quantitative estimate of drug-likeness (QED) is 0.796. The summed E-state index contributed by atoms with van der Waals surface area (Å²) >= 11 is 11.7. The first-order valence-corrected chi connectivity index (χ1v) is 6.90. The minimum absolute atomic E-state index is 0.162. The summed E-state index contributed by atoms with van der Waals surface area (Å²) in [5, 5.41) is 8.98. The van der Waals surface area contributed by atoms with Crippen LogP contribution >= 0.6 is 23.2 Å². The highest BCUT2D eigenvalue weighted by atomic mass is 35.5. The molecule has 1 unspecified atom stereocenters. The maximum Gasteiger partial charge on any atom is 0.151 e. The highest BCUT2D eigenvalue weighted by Crippen LogP contribution is 2.25. The summed E-state index contributed by atoms with van der Waals surface area (Å²) in [6.45, 7) is 2.10. The summed E-state index contributed by atoms with van der Waals surface area (Å²) in [4.78, 5) is 2.05. The molecule has 0 saturated carbocycles. The van der Waals surface area contributed by atoms with Gasteiger partial charge in [0.1, 0.15) is 0 Å². The maximum atomic E-state index is 6.02. The van der Waals surface area contributed by atoms with Gasteiger partial charge in [-0.25, -0.2) is 0 Å². The van der Waals surface area contributed by atoms with E-state index in [4.69, 9.17) is 23.2 Å². The molecule has 2 rings (SSSR count). The van der Waals surface area contributed by atoms with Gasteiger partial charge in [0.2, 0.25) is 0 Å². The van der Waals surface area contributed by atoms with Crippen molar-refractivity contribution in [3.63, 3.8) is 0 Å². The Morgan fingerprint density at radius 3 is 2.58 bits per heavy atom. The molecule has 0 fully saturated rings. The van der Waals surface area contributed by atoms with Crippen molar-refractivity contribution in [3.05, 3.63) is 52.7 Å². The molecule has 3 nitrogen and oxygen atoms in total. The second-order valence-electron chi connectivity index (χ2n) is 4.36. The number of hydrogen-bond acceptors (Lipinski definition) is 3. The number of halogens is 2. The van der Waals surface area contributed by atoms with Gasteiger partial charge in [-0.2, -0.15) is 5.10 Å². The van der Waals surface area contributed by atoms with Gasteiger partial charge in [-0.1, -0.05) is 23.7 Å². The molecule has 1 aromatic heterocycles. The lowest BCUT2D eigenvalue weighted by Crippen LogP contribution is -2.23. The minimum atomic E-state index is 0.162. The number of benzene rings is 1. The standard InChI is InChI=1S/C14H15Cl2N3/c1-10(11-4-3-5-12(16)8-11)19(2)14-7-6-13(9-15)17-18-14/h3-8,10H,9H2,1-2H3. The normalized spacial score (nSPS) is 12.2. The minimum Gasteiger partial charge on any atom is -0.351 e. The van der Waals surface area contributed by atoms with Crippen LogP contribution in [0.3, 0.4) is 0 Å². The van der Waals surface area contributed by atoms with E-state index in [0.29, 0.717) is 5.88 Å². The third kappa shape index (κ3) is 3.37. The Hall–Kier alpha value is -1.32. The molecule has 0 aliphatic carbocycles. The zero-order chi connectivity index (χ0) is 13.8. The molecular weight excluding hydrogens is 281 g/mol. The Kier molecular flexibility index (Phi) is 4.61. The fourth-order valence-electron chi connectivity index (χ4n) is 1.80. The summed E-state index contributed by atoms with van der Waals surface area (Å²) in [7, 11) is 1.98. The number of hydrogen-bond donors (Lipinski definition) is 0. The molecule has 0 spiro atoms. The van der Waals surface area contributed by atoms with Gasteiger partial charge in [0.05, 0.1) is 17.6 Å². The van der Waals surface area contributed by atoms with Gasteiger partial charge in [-0.3, -0.25) is 0 Å². The van der Waals surface area contributed by atoms with E-state index in [2.05, 4.69) is 22.0 Å². The lowest BCUT2D eigenvalue weighted by Gasteiger charge is -2.26. The monoisotopic (exact) mass is 295 g/mol. The molecule has 100 valence electrons. The Morgan fingerprint density at radius 2 is 2.00 bits per heavy atom. The molecule has 1 aromatic carbocycles. The SMILES string of the molecule is CC(c1cccc(Cl)c1)N(C)c1ccc(CCl)nn1. The molecule has 1 heterocycles. The lowest BCUT2D eigenvalue weighted by atomic mass is 10.1. The first-order chi connectivity index (χ1) is 9.11. The van der Waals surface area contributed by atoms with Crippen LogP contribution in [0.15, 0.2) is 36.4 Å². The van der Waals surface area contributed by atoms with E-state index in [1.54, 1.807) is 0 Å². The lowest BCUT2D eigenvalue weighted by molar-refractivity contribution is 0.718. The number of alkyl halides is 1. The van der Waals surface area contributed by atoms with E-state index < -0.39 is 0 Å². The summed E-state index contributed by atoms with van der Waals surface area (Å²) in [6, 6.07) is 11.8. The summed E-state index contributed by atoms with van der Waals surface area (Å²) in [5.74, 6) is 1.18. The van der Waals surface area contributed by atoms with Gasteiger partial charge >= 0.3 is 0 Å². The molecule has 0 bridgehead atoms. The third-order valence-corrected chi connectivity index (χ3v) is 3.62. The van der Waals surface area contributed by atoms with Crippen LogP contribution in [0, 0.1) is 0 Å². The fourth-order valence-corrected chi connectivity index (χ4v) is 2.14. The Bertz CT molecular complexity index is 543. The summed E-state index contributed by atoms with van der Waals surface area (Å²) < 4.78 is 0. The summed E-state index contributed by atoms with van der Waals surface area (Å²) in [6.07, 6.45) is 0. The van der Waals surface area contributed by atoms with Crippen molar-refractivity contribution in [2.75, 3.05) is 11.9 Å². The molecular formula is C14H15Cl2N3. The molecule has 1 atom stereocenters. The van der Waals surface area contributed by atoms with Crippen molar-refractivity contribution in [2.45, 2.75) is 18.8 Å². The second kappa shape index (κ2) is 6.22. The van der Waals surface area contributed by atoms with Crippen LogP contribution < -0.4 is 4.90 Å². The van der Waals surface area contributed by atoms with Crippen molar-refractivity contribution in [2.24, 2.45) is 0 Å². The van der Waals surface area contributed by atoms with Crippen LogP contribution in [-0.2, 0) is 5.88 Å². The molecule has 0 saturated heterocycles. The Morgan fingerprint density at radius 1 is 1.21 bits per heavy atom.